The van der Waals surface area contributed by atoms with Crippen LogP contribution in [0.3, 0.4) is 0 Å². The summed E-state index contributed by atoms with van der Waals surface area (Å²) in [6.45, 7) is 4.99. The van der Waals surface area contributed by atoms with E-state index in [1.54, 1.807) is 0 Å². The van der Waals surface area contributed by atoms with Crippen LogP contribution < -0.4 is 16.0 Å². The highest BCUT2D eigenvalue weighted by Gasteiger charge is 2.56. The SMILES string of the molecule is CC1NC(C)C12Nc1ccccc1NC2=NCc1cccc(Cl)c1. The maximum Gasteiger partial charge on any atom is 0.130 e. The largest absolute Gasteiger partial charge is 0.368 e. The van der Waals surface area contributed by atoms with Crippen molar-refractivity contribution in [3.8, 4) is 0 Å². The van der Waals surface area contributed by atoms with Gasteiger partial charge in [-0.25, -0.2) is 0 Å². The van der Waals surface area contributed by atoms with Gasteiger partial charge in [0.25, 0.3) is 0 Å². The van der Waals surface area contributed by atoms with Crippen LogP contribution >= 0.6 is 11.6 Å². The number of aliphatic imine (C=N–C) groups is 1. The van der Waals surface area contributed by atoms with Crippen LogP contribution in [0.1, 0.15) is 19.4 Å². The first-order valence-corrected chi connectivity index (χ1v) is 8.67. The third-order valence-electron chi connectivity index (χ3n) is 5.09. The van der Waals surface area contributed by atoms with Gasteiger partial charge in [-0.2, -0.15) is 0 Å². The molecule has 2 aromatic rings. The summed E-state index contributed by atoms with van der Waals surface area (Å²) >= 11 is 6.09. The molecule has 24 heavy (non-hydrogen) atoms. The minimum Gasteiger partial charge on any atom is -0.368 e. The van der Waals surface area contributed by atoms with Crippen LogP contribution in [0.2, 0.25) is 5.02 Å². The van der Waals surface area contributed by atoms with E-state index >= 15 is 0 Å². The lowest BCUT2D eigenvalue weighted by atomic mass is 9.73. The van der Waals surface area contributed by atoms with Crippen molar-refractivity contribution in [2.75, 3.05) is 10.6 Å². The Bertz CT molecular complexity index is 793. The summed E-state index contributed by atoms with van der Waals surface area (Å²) < 4.78 is 0. The standard InChI is InChI=1S/C19H21ClN4/c1-12-19(13(2)22-12)18(21-11-14-6-5-7-15(20)10-14)23-16-8-3-4-9-17(16)24-19/h3-10,12-13,22,24H,11H2,1-2H3,(H,21,23). The second-order valence-electron chi connectivity index (χ2n) is 6.57. The lowest BCUT2D eigenvalue weighted by molar-refractivity contribution is 0.210. The molecule has 0 aliphatic carbocycles. The number of rotatable bonds is 2. The summed E-state index contributed by atoms with van der Waals surface area (Å²) in [7, 11) is 0. The van der Waals surface area contributed by atoms with Gasteiger partial charge in [-0.1, -0.05) is 35.9 Å². The molecule has 0 bridgehead atoms. The van der Waals surface area contributed by atoms with Crippen molar-refractivity contribution in [2.24, 2.45) is 4.99 Å². The Hall–Kier alpha value is -2.04. The van der Waals surface area contributed by atoms with Gasteiger partial charge in [0.1, 0.15) is 11.4 Å². The predicted octanol–water partition coefficient (Wildman–Crippen LogP) is 3.90. The highest BCUT2D eigenvalue weighted by molar-refractivity contribution is 6.30. The normalized spacial score (nSPS) is 29.5. The van der Waals surface area contributed by atoms with E-state index in [0.29, 0.717) is 18.6 Å². The summed E-state index contributed by atoms with van der Waals surface area (Å²) in [5, 5.41) is 11.5. The molecule has 2 unspecified atom stereocenters. The maximum atomic E-state index is 6.09. The molecule has 0 amide bonds. The summed E-state index contributed by atoms with van der Waals surface area (Å²) in [6, 6.07) is 16.7. The topological polar surface area (TPSA) is 48.4 Å². The Kier molecular flexibility index (Phi) is 3.74. The minimum atomic E-state index is -0.201. The summed E-state index contributed by atoms with van der Waals surface area (Å²) in [5.41, 5.74) is 3.10. The van der Waals surface area contributed by atoms with E-state index in [1.165, 1.54) is 0 Å². The van der Waals surface area contributed by atoms with Gasteiger partial charge in [-0.05, 0) is 43.7 Å². The number of nitrogens with one attached hydrogen (secondary N) is 3. The van der Waals surface area contributed by atoms with E-state index < -0.39 is 0 Å². The Morgan fingerprint density at radius 2 is 1.79 bits per heavy atom. The number of amidine groups is 1. The van der Waals surface area contributed by atoms with Crippen LogP contribution in [0.4, 0.5) is 11.4 Å². The van der Waals surface area contributed by atoms with Gasteiger partial charge in [-0.3, -0.25) is 4.99 Å². The molecule has 0 aromatic heterocycles. The average Bonchev–Trinajstić information content (AvgIpc) is 2.59. The molecule has 1 spiro atoms. The van der Waals surface area contributed by atoms with Crippen LogP contribution in [0.15, 0.2) is 53.5 Å². The number of halogens is 1. The molecule has 2 aromatic carbocycles. The molecule has 4 rings (SSSR count). The number of hydrogen-bond donors (Lipinski definition) is 3. The molecule has 0 radical (unpaired) electrons. The second-order valence-corrected chi connectivity index (χ2v) is 7.01. The summed E-state index contributed by atoms with van der Waals surface area (Å²) in [6.07, 6.45) is 0. The van der Waals surface area contributed by atoms with Gasteiger partial charge in [0.2, 0.25) is 0 Å². The van der Waals surface area contributed by atoms with Crippen molar-refractivity contribution in [3.05, 3.63) is 59.1 Å². The van der Waals surface area contributed by atoms with Gasteiger partial charge in [-0.15, -0.1) is 0 Å². The van der Waals surface area contributed by atoms with Crippen molar-refractivity contribution < 1.29 is 0 Å². The third-order valence-corrected chi connectivity index (χ3v) is 5.32. The molecule has 1 fully saturated rings. The maximum absolute atomic E-state index is 6.09. The molecule has 1 saturated heterocycles. The van der Waals surface area contributed by atoms with E-state index in [9.17, 15) is 0 Å². The van der Waals surface area contributed by atoms with Crippen molar-refractivity contribution in [1.82, 2.24) is 5.32 Å². The molecule has 5 heteroatoms. The molecule has 2 aliphatic heterocycles. The molecule has 2 heterocycles. The molecule has 0 saturated carbocycles. The van der Waals surface area contributed by atoms with Crippen LogP contribution in [0.5, 0.6) is 0 Å². The Morgan fingerprint density at radius 3 is 2.50 bits per heavy atom. The minimum absolute atomic E-state index is 0.201. The van der Waals surface area contributed by atoms with E-state index in [1.807, 2.05) is 24.3 Å². The lowest BCUT2D eigenvalue weighted by Gasteiger charge is -2.57. The molecule has 2 aliphatic rings. The predicted molar refractivity (Wildman–Crippen MR) is 101 cm³/mol. The third kappa shape index (κ3) is 2.38. The number of hydrogen-bond acceptors (Lipinski definition) is 3. The summed E-state index contributed by atoms with van der Waals surface area (Å²) in [5.74, 6) is 0.986. The van der Waals surface area contributed by atoms with Gasteiger partial charge < -0.3 is 16.0 Å². The van der Waals surface area contributed by atoms with Crippen LogP contribution in [-0.4, -0.2) is 23.5 Å². The molecule has 2 atom stereocenters. The zero-order chi connectivity index (χ0) is 16.7. The van der Waals surface area contributed by atoms with E-state index in [2.05, 4.69) is 54.1 Å². The number of nitrogens with zero attached hydrogens (tertiary/aromatic N) is 1. The molecular formula is C19H21ClN4. The Labute approximate surface area is 147 Å². The second kappa shape index (κ2) is 5.80. The molecule has 4 nitrogen and oxygen atoms in total. The number of para-hydroxylation sites is 2. The van der Waals surface area contributed by atoms with Gasteiger partial charge in [0.15, 0.2) is 0 Å². The Balaban J connectivity index is 1.70. The van der Waals surface area contributed by atoms with Crippen molar-refractivity contribution in [3.63, 3.8) is 0 Å². The quantitative estimate of drug-likeness (QED) is 0.777. The van der Waals surface area contributed by atoms with Gasteiger partial charge in [0, 0.05) is 17.1 Å². The number of fused-ring (bicyclic) bond motifs is 1. The van der Waals surface area contributed by atoms with Gasteiger partial charge >= 0.3 is 0 Å². The average molecular weight is 341 g/mol. The van der Waals surface area contributed by atoms with Gasteiger partial charge in [0.05, 0.1) is 17.9 Å². The van der Waals surface area contributed by atoms with Crippen molar-refractivity contribution in [1.29, 1.82) is 0 Å². The molecular weight excluding hydrogens is 320 g/mol. The van der Waals surface area contributed by atoms with E-state index in [4.69, 9.17) is 16.6 Å². The first-order valence-electron chi connectivity index (χ1n) is 8.29. The fourth-order valence-electron chi connectivity index (χ4n) is 3.73. The van der Waals surface area contributed by atoms with Crippen molar-refractivity contribution in [2.45, 2.75) is 38.0 Å². The fraction of sp³-hybridized carbons (Fsp3) is 0.316. The smallest absolute Gasteiger partial charge is 0.130 e. The van der Waals surface area contributed by atoms with Crippen LogP contribution in [0.25, 0.3) is 0 Å². The van der Waals surface area contributed by atoms with E-state index in [0.717, 1.165) is 27.8 Å². The highest BCUT2D eigenvalue weighted by Crippen LogP contribution is 2.39. The zero-order valence-electron chi connectivity index (χ0n) is 13.8. The first kappa shape index (κ1) is 15.5. The van der Waals surface area contributed by atoms with Crippen LogP contribution in [0, 0.1) is 0 Å². The zero-order valence-corrected chi connectivity index (χ0v) is 14.6. The van der Waals surface area contributed by atoms with E-state index in [-0.39, 0.29) is 5.54 Å². The number of benzene rings is 2. The Morgan fingerprint density at radius 1 is 1.04 bits per heavy atom. The highest BCUT2D eigenvalue weighted by atomic mass is 35.5. The fourth-order valence-corrected chi connectivity index (χ4v) is 3.95. The van der Waals surface area contributed by atoms with Crippen LogP contribution in [-0.2, 0) is 6.54 Å². The first-order chi connectivity index (χ1) is 11.6. The number of anilines is 2. The summed E-state index contributed by atoms with van der Waals surface area (Å²) in [4.78, 5) is 4.91. The van der Waals surface area contributed by atoms with Crippen molar-refractivity contribution >= 4 is 28.8 Å². The molecule has 124 valence electrons. The monoisotopic (exact) mass is 340 g/mol. The molecule has 3 N–H and O–H groups in total. The lowest BCUT2D eigenvalue weighted by Crippen LogP contribution is -2.81.